The summed E-state index contributed by atoms with van der Waals surface area (Å²) in [7, 11) is 1.34. The minimum absolute atomic E-state index is 0.113. The maximum absolute atomic E-state index is 14.3. The molecule has 3 aromatic heterocycles. The van der Waals surface area contributed by atoms with Gasteiger partial charge in [-0.25, -0.2) is 14.4 Å². The molecule has 0 atom stereocenters. The van der Waals surface area contributed by atoms with Crippen molar-refractivity contribution in [2.45, 2.75) is 51.7 Å². The number of aliphatic hydroxyl groups is 1. The van der Waals surface area contributed by atoms with Crippen LogP contribution in [0.1, 0.15) is 44.3 Å². The Morgan fingerprint density at radius 3 is 2.65 bits per heavy atom. The van der Waals surface area contributed by atoms with Crippen molar-refractivity contribution < 1.29 is 14.2 Å². The molecule has 0 spiro atoms. The maximum atomic E-state index is 14.3. The van der Waals surface area contributed by atoms with E-state index in [4.69, 9.17) is 4.74 Å². The number of hydrogen-bond donors (Lipinski definition) is 2. The molecule has 1 aliphatic carbocycles. The van der Waals surface area contributed by atoms with Crippen molar-refractivity contribution in [3.63, 3.8) is 0 Å². The zero-order chi connectivity index (χ0) is 22.1. The molecule has 0 unspecified atom stereocenters. The number of aryl methyl sites for hydroxylation is 1. The second kappa shape index (κ2) is 8.58. The van der Waals surface area contributed by atoms with E-state index in [-0.39, 0.29) is 23.6 Å². The minimum Gasteiger partial charge on any atom is -0.479 e. The zero-order valence-electron chi connectivity index (χ0n) is 17.9. The molecule has 3 heterocycles. The summed E-state index contributed by atoms with van der Waals surface area (Å²) in [6.45, 7) is 4.47. The van der Waals surface area contributed by atoms with Crippen molar-refractivity contribution in [1.82, 2.24) is 19.5 Å². The average Bonchev–Trinajstić information content (AvgIpc) is 2.74. The van der Waals surface area contributed by atoms with Gasteiger partial charge in [0.15, 0.2) is 5.82 Å². The summed E-state index contributed by atoms with van der Waals surface area (Å²) >= 11 is 0. The summed E-state index contributed by atoms with van der Waals surface area (Å²) < 4.78 is 20.9. The van der Waals surface area contributed by atoms with Crippen LogP contribution in [0.2, 0.25) is 0 Å². The van der Waals surface area contributed by atoms with Gasteiger partial charge in [0.1, 0.15) is 5.65 Å². The Kier molecular flexibility index (Phi) is 5.86. The fraction of sp³-hybridized carbons (Fsp3) is 0.455. The summed E-state index contributed by atoms with van der Waals surface area (Å²) in [6.07, 6.45) is 3.64. The quantitative estimate of drug-likeness (QED) is 0.645. The number of anilines is 1. The first kappa shape index (κ1) is 21.2. The smallest absolute Gasteiger partial charge is 0.260 e. The van der Waals surface area contributed by atoms with Crippen molar-refractivity contribution in [3.05, 3.63) is 40.2 Å². The first-order chi connectivity index (χ1) is 14.9. The lowest BCUT2D eigenvalue weighted by Crippen LogP contribution is -2.31. The number of nitrogens with zero attached hydrogens (tertiary/aromatic N) is 4. The van der Waals surface area contributed by atoms with Gasteiger partial charge in [0.25, 0.3) is 5.56 Å². The molecule has 3 aromatic rings. The highest BCUT2D eigenvalue weighted by Crippen LogP contribution is 2.32. The van der Waals surface area contributed by atoms with E-state index in [9.17, 15) is 14.3 Å². The molecule has 0 aromatic carbocycles. The molecule has 0 bridgehead atoms. The Hall–Kier alpha value is -3.07. The van der Waals surface area contributed by atoms with Crippen LogP contribution in [0, 0.1) is 12.7 Å². The summed E-state index contributed by atoms with van der Waals surface area (Å²) in [5, 5.41) is 13.8. The van der Waals surface area contributed by atoms with E-state index in [2.05, 4.69) is 20.3 Å². The van der Waals surface area contributed by atoms with Crippen LogP contribution in [0.5, 0.6) is 5.88 Å². The van der Waals surface area contributed by atoms with E-state index in [1.807, 2.05) is 13.8 Å². The number of ether oxygens (including phenoxy) is 1. The summed E-state index contributed by atoms with van der Waals surface area (Å²) in [5.74, 6) is -0.301. The maximum Gasteiger partial charge on any atom is 0.260 e. The van der Waals surface area contributed by atoms with Gasteiger partial charge in [0, 0.05) is 35.3 Å². The normalized spacial score (nSPS) is 18.9. The first-order valence-corrected chi connectivity index (χ1v) is 10.5. The molecule has 0 radical (unpaired) electrons. The van der Waals surface area contributed by atoms with Crippen LogP contribution in [0.4, 0.5) is 10.3 Å². The second-order valence-corrected chi connectivity index (χ2v) is 7.81. The predicted molar refractivity (Wildman–Crippen MR) is 116 cm³/mol. The zero-order valence-corrected chi connectivity index (χ0v) is 17.9. The van der Waals surface area contributed by atoms with Gasteiger partial charge in [-0.1, -0.05) is 0 Å². The van der Waals surface area contributed by atoms with Crippen molar-refractivity contribution in [3.8, 4) is 17.0 Å². The lowest BCUT2D eigenvalue weighted by atomic mass is 9.92. The highest BCUT2D eigenvalue weighted by atomic mass is 19.1. The number of aromatic nitrogens is 4. The second-order valence-electron chi connectivity index (χ2n) is 7.81. The molecule has 0 aliphatic heterocycles. The van der Waals surface area contributed by atoms with Gasteiger partial charge in [-0.2, -0.15) is 4.98 Å². The van der Waals surface area contributed by atoms with E-state index in [0.29, 0.717) is 60.6 Å². The van der Waals surface area contributed by atoms with Crippen LogP contribution in [-0.2, 0) is 0 Å². The van der Waals surface area contributed by atoms with E-state index in [1.165, 1.54) is 19.4 Å². The van der Waals surface area contributed by atoms with Crippen molar-refractivity contribution in [2.75, 3.05) is 19.0 Å². The molecule has 0 amide bonds. The van der Waals surface area contributed by atoms with Gasteiger partial charge < -0.3 is 15.2 Å². The molecular formula is C22H26FN5O3. The number of nitrogens with one attached hydrogen (secondary N) is 1. The van der Waals surface area contributed by atoms with E-state index in [1.54, 1.807) is 10.6 Å². The van der Waals surface area contributed by atoms with Gasteiger partial charge in [-0.3, -0.25) is 9.36 Å². The largest absolute Gasteiger partial charge is 0.479 e. The topological polar surface area (TPSA) is 102 Å². The fourth-order valence-electron chi connectivity index (χ4n) is 4.17. The third kappa shape index (κ3) is 3.97. The van der Waals surface area contributed by atoms with Crippen molar-refractivity contribution >= 4 is 17.0 Å². The predicted octanol–water partition coefficient (Wildman–Crippen LogP) is 3.22. The van der Waals surface area contributed by atoms with Crippen LogP contribution in [0.25, 0.3) is 22.2 Å². The molecule has 8 nitrogen and oxygen atoms in total. The van der Waals surface area contributed by atoms with E-state index in [0.717, 1.165) is 5.39 Å². The Labute approximate surface area is 179 Å². The Bertz CT molecular complexity index is 1170. The monoisotopic (exact) mass is 427 g/mol. The molecule has 2 N–H and O–H groups in total. The van der Waals surface area contributed by atoms with Gasteiger partial charge >= 0.3 is 0 Å². The molecule has 4 rings (SSSR count). The van der Waals surface area contributed by atoms with Crippen LogP contribution in [0.3, 0.4) is 0 Å². The van der Waals surface area contributed by atoms with Gasteiger partial charge in [-0.15, -0.1) is 0 Å². The van der Waals surface area contributed by atoms with Gasteiger partial charge in [-0.05, 0) is 51.7 Å². The molecule has 1 fully saturated rings. The number of hydrogen-bond acceptors (Lipinski definition) is 7. The molecule has 1 aliphatic rings. The number of rotatable bonds is 5. The molecule has 0 saturated heterocycles. The van der Waals surface area contributed by atoms with Crippen LogP contribution < -0.4 is 15.6 Å². The third-order valence-electron chi connectivity index (χ3n) is 5.76. The molecular weight excluding hydrogens is 401 g/mol. The van der Waals surface area contributed by atoms with Gasteiger partial charge in [0.05, 0.1) is 18.9 Å². The van der Waals surface area contributed by atoms with Crippen LogP contribution in [-0.4, -0.2) is 44.4 Å². The Balaban J connectivity index is 1.97. The first-order valence-electron chi connectivity index (χ1n) is 10.5. The van der Waals surface area contributed by atoms with Gasteiger partial charge in [0.2, 0.25) is 11.8 Å². The molecule has 9 heteroatoms. The summed E-state index contributed by atoms with van der Waals surface area (Å²) in [6, 6.07) is 2.85. The summed E-state index contributed by atoms with van der Waals surface area (Å²) in [5.41, 5.74) is 1.69. The highest BCUT2D eigenvalue weighted by molar-refractivity contribution is 5.84. The lowest BCUT2D eigenvalue weighted by Gasteiger charge is -2.28. The van der Waals surface area contributed by atoms with Crippen molar-refractivity contribution in [1.29, 1.82) is 0 Å². The number of fused-ring (bicyclic) bond motifs is 1. The average molecular weight is 427 g/mol. The van der Waals surface area contributed by atoms with E-state index >= 15 is 0 Å². The van der Waals surface area contributed by atoms with Crippen LogP contribution in [0.15, 0.2) is 23.1 Å². The highest BCUT2D eigenvalue weighted by Gasteiger charge is 2.26. The third-order valence-corrected chi connectivity index (χ3v) is 5.76. The fourth-order valence-corrected chi connectivity index (χ4v) is 4.17. The minimum atomic E-state index is -0.637. The number of halogens is 1. The Morgan fingerprint density at radius 1 is 1.26 bits per heavy atom. The molecule has 164 valence electrons. The Morgan fingerprint density at radius 2 is 2.00 bits per heavy atom. The van der Waals surface area contributed by atoms with Crippen LogP contribution >= 0.6 is 0 Å². The summed E-state index contributed by atoms with van der Waals surface area (Å²) in [4.78, 5) is 26.8. The molecule has 1 saturated carbocycles. The van der Waals surface area contributed by atoms with Crippen molar-refractivity contribution in [2.24, 2.45) is 0 Å². The molecule has 31 heavy (non-hydrogen) atoms. The number of aliphatic hydroxyl groups excluding tert-OH is 1. The lowest BCUT2D eigenvalue weighted by molar-refractivity contribution is 0.111. The number of methoxy groups -OCH3 is 1. The number of pyridine rings is 2. The standard InChI is InChI=1S/C22H26FN5O3/c1-4-24-22-26-12(2)16-10-17(13-9-18(23)20(31-3)25-11-13)21(30)28(19(16)27-22)14-5-7-15(29)8-6-14/h9-11,14-15,29H,4-8H2,1-3H3,(H,24,26,27)/t14-,15-. The van der Waals surface area contributed by atoms with E-state index < -0.39 is 5.82 Å². The SMILES string of the molecule is CCNc1nc(C)c2cc(-c3cnc(OC)c(F)c3)c(=O)n([C@H]3CC[C@H](O)CC3)c2n1.